The minimum atomic E-state index is 0.558. The number of piperidine rings is 1. The third-order valence-corrected chi connectivity index (χ3v) is 4.62. The first-order valence-corrected chi connectivity index (χ1v) is 7.53. The molecule has 0 aromatic heterocycles. The largest absolute Gasteiger partial charge is 0.312 e. The maximum atomic E-state index is 3.79. The molecule has 1 N–H and O–H groups in total. The molecule has 0 radical (unpaired) electrons. The molecule has 2 heteroatoms. The highest BCUT2D eigenvalue weighted by molar-refractivity contribution is 4.91. The second-order valence-corrected chi connectivity index (χ2v) is 7.01. The van der Waals surface area contributed by atoms with E-state index in [0.29, 0.717) is 5.41 Å². The van der Waals surface area contributed by atoms with E-state index in [-0.39, 0.29) is 0 Å². The number of nitrogens with zero attached hydrogens (tertiary/aromatic N) is 1. The summed E-state index contributed by atoms with van der Waals surface area (Å²) < 4.78 is 0. The Morgan fingerprint density at radius 1 is 1.12 bits per heavy atom. The maximum Gasteiger partial charge on any atom is 0.0107 e. The monoisotopic (exact) mass is 238 g/mol. The Morgan fingerprint density at radius 3 is 2.41 bits per heavy atom. The van der Waals surface area contributed by atoms with Crippen LogP contribution in [0.2, 0.25) is 0 Å². The van der Waals surface area contributed by atoms with Crippen LogP contribution < -0.4 is 5.32 Å². The Morgan fingerprint density at radius 2 is 1.82 bits per heavy atom. The third-order valence-electron chi connectivity index (χ3n) is 4.62. The molecule has 1 saturated heterocycles. The molecule has 2 aliphatic rings. The summed E-state index contributed by atoms with van der Waals surface area (Å²) in [4.78, 5) is 2.63. The summed E-state index contributed by atoms with van der Waals surface area (Å²) in [6, 6.07) is 0.759. The van der Waals surface area contributed by atoms with Gasteiger partial charge in [0, 0.05) is 19.1 Å². The first-order valence-electron chi connectivity index (χ1n) is 7.53. The van der Waals surface area contributed by atoms with Gasteiger partial charge in [-0.1, -0.05) is 27.2 Å². The SMILES string of the molecule is CC1CC(C)(C)CC1NCCN1CCCCC1. The zero-order chi connectivity index (χ0) is 12.3. The molecular weight excluding hydrogens is 208 g/mol. The number of nitrogens with one attached hydrogen (secondary N) is 1. The Balaban J connectivity index is 1.65. The zero-order valence-corrected chi connectivity index (χ0v) is 12.0. The van der Waals surface area contributed by atoms with Gasteiger partial charge in [-0.15, -0.1) is 0 Å². The minimum Gasteiger partial charge on any atom is -0.312 e. The Kier molecular flexibility index (Phi) is 4.48. The zero-order valence-electron chi connectivity index (χ0n) is 12.0. The van der Waals surface area contributed by atoms with Crippen molar-refractivity contribution in [1.82, 2.24) is 10.2 Å². The summed E-state index contributed by atoms with van der Waals surface area (Å²) >= 11 is 0. The van der Waals surface area contributed by atoms with Crippen molar-refractivity contribution in [3.05, 3.63) is 0 Å². The van der Waals surface area contributed by atoms with Gasteiger partial charge in [0.25, 0.3) is 0 Å². The van der Waals surface area contributed by atoms with Crippen molar-refractivity contribution >= 4 is 0 Å². The molecule has 100 valence electrons. The van der Waals surface area contributed by atoms with Gasteiger partial charge in [-0.3, -0.25) is 0 Å². The van der Waals surface area contributed by atoms with Crippen LogP contribution in [-0.2, 0) is 0 Å². The normalized spacial score (nSPS) is 34.1. The van der Waals surface area contributed by atoms with Crippen molar-refractivity contribution in [1.29, 1.82) is 0 Å². The molecule has 0 spiro atoms. The molecule has 1 heterocycles. The van der Waals surface area contributed by atoms with Gasteiger partial charge in [0.15, 0.2) is 0 Å². The van der Waals surface area contributed by atoms with E-state index in [0.717, 1.165) is 12.0 Å². The van der Waals surface area contributed by atoms with Gasteiger partial charge in [-0.2, -0.15) is 0 Å². The predicted octanol–water partition coefficient (Wildman–Crippen LogP) is 2.89. The lowest BCUT2D eigenvalue weighted by molar-refractivity contribution is 0.223. The van der Waals surface area contributed by atoms with E-state index in [1.807, 2.05) is 0 Å². The molecule has 0 aromatic rings. The van der Waals surface area contributed by atoms with Gasteiger partial charge in [-0.25, -0.2) is 0 Å². The molecule has 1 aliphatic heterocycles. The molecule has 2 nitrogen and oxygen atoms in total. The fourth-order valence-corrected chi connectivity index (χ4v) is 3.76. The van der Waals surface area contributed by atoms with Crippen molar-refractivity contribution in [2.45, 2.75) is 58.9 Å². The Bertz CT molecular complexity index is 231. The van der Waals surface area contributed by atoms with E-state index < -0.39 is 0 Å². The second-order valence-electron chi connectivity index (χ2n) is 7.01. The minimum absolute atomic E-state index is 0.558. The molecule has 2 unspecified atom stereocenters. The van der Waals surface area contributed by atoms with Gasteiger partial charge in [0.2, 0.25) is 0 Å². The molecule has 17 heavy (non-hydrogen) atoms. The lowest BCUT2D eigenvalue weighted by atomic mass is 9.91. The predicted molar refractivity (Wildman–Crippen MR) is 74.3 cm³/mol. The molecule has 1 aliphatic carbocycles. The molecule has 0 aromatic carbocycles. The van der Waals surface area contributed by atoms with Crippen LogP contribution in [0.3, 0.4) is 0 Å². The highest BCUT2D eigenvalue weighted by atomic mass is 15.1. The fourth-order valence-electron chi connectivity index (χ4n) is 3.76. The second kappa shape index (κ2) is 5.71. The van der Waals surface area contributed by atoms with Crippen LogP contribution in [0.5, 0.6) is 0 Å². The van der Waals surface area contributed by atoms with Crippen molar-refractivity contribution in [3.63, 3.8) is 0 Å². The summed E-state index contributed by atoms with van der Waals surface area (Å²) in [7, 11) is 0. The first kappa shape index (κ1) is 13.4. The molecule has 2 fully saturated rings. The van der Waals surface area contributed by atoms with Gasteiger partial charge in [-0.05, 0) is 50.1 Å². The third kappa shape index (κ3) is 3.96. The lowest BCUT2D eigenvalue weighted by Crippen LogP contribution is -2.40. The average molecular weight is 238 g/mol. The van der Waals surface area contributed by atoms with E-state index in [2.05, 4.69) is 31.0 Å². The van der Waals surface area contributed by atoms with E-state index in [1.54, 1.807) is 0 Å². The van der Waals surface area contributed by atoms with Crippen LogP contribution in [0.1, 0.15) is 52.9 Å². The average Bonchev–Trinajstić information content (AvgIpc) is 2.53. The maximum absolute atomic E-state index is 3.79. The molecule has 2 atom stereocenters. The number of hydrogen-bond donors (Lipinski definition) is 1. The van der Waals surface area contributed by atoms with E-state index >= 15 is 0 Å². The van der Waals surface area contributed by atoms with Gasteiger partial charge < -0.3 is 10.2 Å². The summed E-state index contributed by atoms with van der Waals surface area (Å²) in [6.45, 7) is 12.3. The quantitative estimate of drug-likeness (QED) is 0.810. The molecule has 0 amide bonds. The van der Waals surface area contributed by atoms with Crippen LogP contribution in [0.4, 0.5) is 0 Å². The van der Waals surface area contributed by atoms with Crippen LogP contribution in [0.25, 0.3) is 0 Å². The van der Waals surface area contributed by atoms with E-state index in [4.69, 9.17) is 0 Å². The molecule has 0 bridgehead atoms. The van der Waals surface area contributed by atoms with Gasteiger partial charge in [0.05, 0.1) is 0 Å². The first-order chi connectivity index (χ1) is 8.07. The van der Waals surface area contributed by atoms with Crippen LogP contribution in [-0.4, -0.2) is 37.1 Å². The number of hydrogen-bond acceptors (Lipinski definition) is 2. The molecule has 1 saturated carbocycles. The Hall–Kier alpha value is -0.0800. The van der Waals surface area contributed by atoms with Crippen molar-refractivity contribution in [2.75, 3.05) is 26.2 Å². The number of likely N-dealkylation sites (tertiary alicyclic amines) is 1. The highest BCUT2D eigenvalue weighted by Crippen LogP contribution is 2.40. The molecule has 2 rings (SSSR count). The fraction of sp³-hybridized carbons (Fsp3) is 1.00. The van der Waals surface area contributed by atoms with Crippen molar-refractivity contribution < 1.29 is 0 Å². The summed E-state index contributed by atoms with van der Waals surface area (Å²) in [5.74, 6) is 0.853. The van der Waals surface area contributed by atoms with Gasteiger partial charge in [0.1, 0.15) is 0 Å². The Labute approximate surface area is 107 Å². The van der Waals surface area contributed by atoms with Crippen molar-refractivity contribution in [3.8, 4) is 0 Å². The standard InChI is InChI=1S/C15H30N2/c1-13-11-15(2,3)12-14(13)16-7-10-17-8-5-4-6-9-17/h13-14,16H,4-12H2,1-3H3. The van der Waals surface area contributed by atoms with E-state index in [9.17, 15) is 0 Å². The van der Waals surface area contributed by atoms with E-state index in [1.165, 1.54) is 58.3 Å². The smallest absolute Gasteiger partial charge is 0.0107 e. The van der Waals surface area contributed by atoms with Gasteiger partial charge >= 0.3 is 0 Å². The topological polar surface area (TPSA) is 15.3 Å². The van der Waals surface area contributed by atoms with Crippen LogP contribution in [0, 0.1) is 11.3 Å². The molecular formula is C15H30N2. The summed E-state index contributed by atoms with van der Waals surface area (Å²) in [5, 5.41) is 3.79. The van der Waals surface area contributed by atoms with Crippen LogP contribution in [0.15, 0.2) is 0 Å². The summed E-state index contributed by atoms with van der Waals surface area (Å²) in [5.41, 5.74) is 0.558. The lowest BCUT2D eigenvalue weighted by Gasteiger charge is -2.27. The van der Waals surface area contributed by atoms with Crippen LogP contribution >= 0.6 is 0 Å². The number of rotatable bonds is 4. The highest BCUT2D eigenvalue weighted by Gasteiger charge is 2.36. The summed E-state index contributed by atoms with van der Waals surface area (Å²) in [6.07, 6.45) is 7.00. The van der Waals surface area contributed by atoms with Crippen molar-refractivity contribution in [2.24, 2.45) is 11.3 Å².